The van der Waals surface area contributed by atoms with Crippen LogP contribution in [0, 0.1) is 6.92 Å². The number of aryl methyl sites for hydroxylation is 2. The van der Waals surface area contributed by atoms with E-state index in [2.05, 4.69) is 15.5 Å². The van der Waals surface area contributed by atoms with Crippen molar-refractivity contribution < 1.29 is 4.79 Å². The van der Waals surface area contributed by atoms with E-state index < -0.39 is 0 Å². The molecule has 5 rings (SSSR count). The molecule has 0 aliphatic heterocycles. The van der Waals surface area contributed by atoms with Gasteiger partial charge in [0.05, 0.1) is 27.7 Å². The highest BCUT2D eigenvalue weighted by Crippen LogP contribution is 2.30. The van der Waals surface area contributed by atoms with E-state index in [4.69, 9.17) is 4.98 Å². The number of carbonyl (C=O) groups is 1. The fraction of sp³-hybridized carbons (Fsp3) is 0.292. The number of fused-ring (bicyclic) bond motifs is 2. The first kappa shape index (κ1) is 22.0. The first-order valence-corrected chi connectivity index (χ1v) is 12.0. The largest absolute Gasteiger partial charge is 0.352 e. The number of thiophene rings is 1. The first-order chi connectivity index (χ1) is 16.4. The maximum absolute atomic E-state index is 13.2. The highest BCUT2D eigenvalue weighted by atomic mass is 32.1. The summed E-state index contributed by atoms with van der Waals surface area (Å²) in [6.45, 7) is 6.95. The third kappa shape index (κ3) is 4.01. The van der Waals surface area contributed by atoms with Crippen LogP contribution in [0.1, 0.15) is 41.5 Å². The summed E-state index contributed by atoms with van der Waals surface area (Å²) in [5, 5.41) is 12.5. The molecule has 0 radical (unpaired) electrons. The van der Waals surface area contributed by atoms with Gasteiger partial charge in [-0.05, 0) is 57.5 Å². The number of carbonyl (C=O) groups excluding carboxylic acids is 1. The second-order valence-electron chi connectivity index (χ2n) is 8.43. The number of aromatic nitrogens is 6. The summed E-state index contributed by atoms with van der Waals surface area (Å²) in [5.41, 5.74) is 2.42. The lowest BCUT2D eigenvalue weighted by atomic mass is 10.1. The first-order valence-electron chi connectivity index (χ1n) is 11.2. The maximum Gasteiger partial charge on any atom is 0.350 e. The normalized spacial score (nSPS) is 11.6. The van der Waals surface area contributed by atoms with Gasteiger partial charge in [-0.2, -0.15) is 5.10 Å². The van der Waals surface area contributed by atoms with Crippen LogP contribution in [0.3, 0.4) is 0 Å². The van der Waals surface area contributed by atoms with Gasteiger partial charge in [0.15, 0.2) is 11.3 Å². The Morgan fingerprint density at radius 3 is 2.79 bits per heavy atom. The van der Waals surface area contributed by atoms with Crippen LogP contribution in [0.4, 0.5) is 0 Å². The zero-order valence-electron chi connectivity index (χ0n) is 19.2. The van der Waals surface area contributed by atoms with Gasteiger partial charge in [0.2, 0.25) is 0 Å². The third-order valence-corrected chi connectivity index (χ3v) is 6.64. The van der Waals surface area contributed by atoms with Gasteiger partial charge in [0, 0.05) is 30.2 Å². The van der Waals surface area contributed by atoms with Crippen LogP contribution >= 0.6 is 11.3 Å². The average molecular weight is 476 g/mol. The summed E-state index contributed by atoms with van der Waals surface area (Å²) < 4.78 is 4.77. The molecule has 0 saturated carbocycles. The predicted molar refractivity (Wildman–Crippen MR) is 132 cm³/mol. The lowest BCUT2D eigenvalue weighted by Gasteiger charge is -2.10. The molecule has 0 unspecified atom stereocenters. The zero-order valence-corrected chi connectivity index (χ0v) is 20.0. The molecule has 174 valence electrons. The van der Waals surface area contributed by atoms with Crippen molar-refractivity contribution in [3.8, 4) is 10.6 Å². The number of hydrogen-bond donors (Lipinski definition) is 1. The smallest absolute Gasteiger partial charge is 0.350 e. The molecule has 34 heavy (non-hydrogen) atoms. The standard InChI is InChI=1S/C24H25N7O2S/c1-15(2)31-22-18(14-26-31)17(13-19(27-22)20-9-8-16(3)34-20)23(32)25-10-6-12-30-24(33)29-11-5-4-7-21(29)28-30/h4-5,7-9,11,13-15H,6,10,12H2,1-3H3,(H,25,32). The SMILES string of the molecule is Cc1ccc(-c2cc(C(=O)NCCCn3nc4ccccn4c3=O)c3cnn(C(C)C)c3n2)s1. The molecule has 10 heteroatoms. The lowest BCUT2D eigenvalue weighted by molar-refractivity contribution is 0.0954. The molecule has 0 aliphatic rings. The van der Waals surface area contributed by atoms with E-state index in [-0.39, 0.29) is 17.6 Å². The Hall–Kier alpha value is -3.79. The van der Waals surface area contributed by atoms with Gasteiger partial charge in [0.1, 0.15) is 0 Å². The van der Waals surface area contributed by atoms with E-state index in [0.717, 1.165) is 16.0 Å². The van der Waals surface area contributed by atoms with Crippen LogP contribution in [0.25, 0.3) is 27.3 Å². The molecule has 0 aromatic carbocycles. The molecule has 9 nitrogen and oxygen atoms in total. The number of pyridine rings is 2. The van der Waals surface area contributed by atoms with E-state index in [1.807, 2.05) is 49.7 Å². The monoisotopic (exact) mass is 475 g/mol. The van der Waals surface area contributed by atoms with Crippen molar-refractivity contribution in [3.63, 3.8) is 0 Å². The van der Waals surface area contributed by atoms with Gasteiger partial charge >= 0.3 is 5.69 Å². The van der Waals surface area contributed by atoms with E-state index in [1.165, 1.54) is 14.0 Å². The van der Waals surface area contributed by atoms with Crippen LogP contribution in [-0.2, 0) is 6.54 Å². The van der Waals surface area contributed by atoms with Gasteiger partial charge in [-0.1, -0.05) is 6.07 Å². The topological polar surface area (TPSA) is 99.1 Å². The second kappa shape index (κ2) is 8.86. The Kier molecular flexibility index (Phi) is 5.74. The molecule has 0 aliphatic carbocycles. The minimum absolute atomic E-state index is 0.116. The predicted octanol–water partition coefficient (Wildman–Crippen LogP) is 3.68. The molecular formula is C24H25N7O2S. The van der Waals surface area contributed by atoms with Crippen molar-refractivity contribution in [2.24, 2.45) is 0 Å². The number of nitrogens with zero attached hydrogens (tertiary/aromatic N) is 6. The Balaban J connectivity index is 1.36. The van der Waals surface area contributed by atoms with Gasteiger partial charge in [-0.3, -0.25) is 9.20 Å². The van der Waals surface area contributed by atoms with E-state index >= 15 is 0 Å². The fourth-order valence-corrected chi connectivity index (χ4v) is 4.75. The van der Waals surface area contributed by atoms with E-state index in [9.17, 15) is 9.59 Å². The van der Waals surface area contributed by atoms with Gasteiger partial charge < -0.3 is 5.32 Å². The minimum atomic E-state index is -0.187. The maximum atomic E-state index is 13.2. The molecule has 0 saturated heterocycles. The Labute approximate surface area is 199 Å². The number of nitrogens with one attached hydrogen (secondary N) is 1. The van der Waals surface area contributed by atoms with Gasteiger partial charge in [-0.25, -0.2) is 19.1 Å². The summed E-state index contributed by atoms with van der Waals surface area (Å²) >= 11 is 1.64. The summed E-state index contributed by atoms with van der Waals surface area (Å²) in [5.74, 6) is -0.187. The molecule has 5 aromatic heterocycles. The van der Waals surface area contributed by atoms with Gasteiger partial charge in [0.25, 0.3) is 5.91 Å². The van der Waals surface area contributed by atoms with Crippen molar-refractivity contribution in [1.82, 2.24) is 34.3 Å². The summed E-state index contributed by atoms with van der Waals surface area (Å²) in [6.07, 6.45) is 3.98. The molecule has 1 N–H and O–H groups in total. The number of hydrogen-bond acceptors (Lipinski definition) is 6. The summed E-state index contributed by atoms with van der Waals surface area (Å²) in [4.78, 5) is 32.6. The molecule has 5 heterocycles. The Morgan fingerprint density at radius 1 is 1.21 bits per heavy atom. The minimum Gasteiger partial charge on any atom is -0.352 e. The fourth-order valence-electron chi connectivity index (χ4n) is 3.92. The Morgan fingerprint density at radius 2 is 2.06 bits per heavy atom. The molecule has 0 atom stereocenters. The summed E-state index contributed by atoms with van der Waals surface area (Å²) in [6, 6.07) is 11.5. The molecule has 0 fully saturated rings. The van der Waals surface area contributed by atoms with Crippen LogP contribution in [0.15, 0.2) is 53.6 Å². The molecule has 5 aromatic rings. The average Bonchev–Trinajstić information content (AvgIpc) is 3.53. The molecular weight excluding hydrogens is 450 g/mol. The zero-order chi connectivity index (χ0) is 23.8. The highest BCUT2D eigenvalue weighted by Gasteiger charge is 2.19. The van der Waals surface area contributed by atoms with Crippen molar-refractivity contribution in [2.45, 2.75) is 39.8 Å². The van der Waals surface area contributed by atoms with Crippen LogP contribution in [0.5, 0.6) is 0 Å². The van der Waals surface area contributed by atoms with Crippen LogP contribution in [0.2, 0.25) is 0 Å². The molecule has 0 spiro atoms. The Bertz CT molecular complexity index is 1560. The van der Waals surface area contributed by atoms with Crippen molar-refractivity contribution >= 4 is 33.9 Å². The number of amides is 1. The van der Waals surface area contributed by atoms with Crippen LogP contribution < -0.4 is 11.0 Å². The molecule has 1 amide bonds. The van der Waals surface area contributed by atoms with Crippen molar-refractivity contribution in [2.75, 3.05) is 6.54 Å². The van der Waals surface area contributed by atoms with Crippen molar-refractivity contribution in [1.29, 1.82) is 0 Å². The molecule has 0 bridgehead atoms. The number of rotatable bonds is 7. The second-order valence-corrected chi connectivity index (χ2v) is 9.72. The van der Waals surface area contributed by atoms with E-state index in [1.54, 1.807) is 35.9 Å². The van der Waals surface area contributed by atoms with E-state index in [0.29, 0.717) is 36.4 Å². The summed E-state index contributed by atoms with van der Waals surface area (Å²) in [7, 11) is 0. The van der Waals surface area contributed by atoms with Crippen molar-refractivity contribution in [3.05, 3.63) is 69.7 Å². The quantitative estimate of drug-likeness (QED) is 0.362. The lowest BCUT2D eigenvalue weighted by Crippen LogP contribution is -2.27. The third-order valence-electron chi connectivity index (χ3n) is 5.61. The van der Waals surface area contributed by atoms with Gasteiger partial charge in [-0.15, -0.1) is 16.4 Å². The van der Waals surface area contributed by atoms with Crippen LogP contribution in [-0.4, -0.2) is 41.4 Å². The highest BCUT2D eigenvalue weighted by molar-refractivity contribution is 7.15.